The predicted molar refractivity (Wildman–Crippen MR) is 146 cm³/mol. The molecule has 0 aromatic heterocycles. The largest absolute Gasteiger partial charge is 0.444 e. The van der Waals surface area contributed by atoms with Gasteiger partial charge in [-0.1, -0.05) is 101 Å². The highest BCUT2D eigenvalue weighted by molar-refractivity contribution is 6.99. The molecule has 0 spiro atoms. The summed E-state index contributed by atoms with van der Waals surface area (Å²) < 4.78 is 13.0. The van der Waals surface area contributed by atoms with Crippen molar-refractivity contribution in [3.63, 3.8) is 0 Å². The van der Waals surface area contributed by atoms with E-state index in [2.05, 4.69) is 81.4 Å². The van der Waals surface area contributed by atoms with Gasteiger partial charge >= 0.3 is 6.09 Å². The van der Waals surface area contributed by atoms with Crippen LogP contribution in [0.25, 0.3) is 0 Å². The van der Waals surface area contributed by atoms with E-state index in [1.54, 1.807) is 0 Å². The number of rotatable bonds is 6. The van der Waals surface area contributed by atoms with E-state index >= 15 is 0 Å². The predicted octanol–water partition coefficient (Wildman–Crippen LogP) is 6.13. The van der Waals surface area contributed by atoms with Crippen molar-refractivity contribution in [2.75, 3.05) is 6.61 Å². The molecule has 1 aliphatic heterocycles. The summed E-state index contributed by atoms with van der Waals surface area (Å²) in [6.45, 7) is 13.3. The van der Waals surface area contributed by atoms with Crippen LogP contribution in [0.5, 0.6) is 0 Å². The van der Waals surface area contributed by atoms with E-state index in [-0.39, 0.29) is 23.2 Å². The van der Waals surface area contributed by atoms with Gasteiger partial charge in [-0.25, -0.2) is 4.79 Å². The fourth-order valence-corrected chi connectivity index (χ4v) is 10.6. The van der Waals surface area contributed by atoms with Crippen molar-refractivity contribution in [1.29, 1.82) is 0 Å². The summed E-state index contributed by atoms with van der Waals surface area (Å²) in [6.07, 6.45) is 6.01. The molecule has 0 N–H and O–H groups in total. The third kappa shape index (κ3) is 5.51. The third-order valence-electron chi connectivity index (χ3n) is 7.61. The van der Waals surface area contributed by atoms with Gasteiger partial charge in [0.2, 0.25) is 0 Å². The van der Waals surface area contributed by atoms with Crippen molar-refractivity contribution in [2.45, 2.75) is 96.4 Å². The van der Waals surface area contributed by atoms with Gasteiger partial charge in [-0.15, -0.1) is 0 Å². The van der Waals surface area contributed by atoms with Gasteiger partial charge in [0.05, 0.1) is 18.7 Å². The summed E-state index contributed by atoms with van der Waals surface area (Å²) in [6, 6.07) is 21.8. The Kier molecular flexibility index (Phi) is 7.49. The van der Waals surface area contributed by atoms with Crippen LogP contribution in [0.15, 0.2) is 60.7 Å². The zero-order valence-electron chi connectivity index (χ0n) is 22.4. The summed E-state index contributed by atoms with van der Waals surface area (Å²) in [5, 5.41) is 2.47. The highest BCUT2D eigenvalue weighted by Crippen LogP contribution is 2.44. The SMILES string of the molecule is CC(C)(C)OC(=O)N1[C@H](CO[Si](c2ccccc2)(c2ccccc2)C(C)(C)C)[C@H]1C1CCCCC1. The van der Waals surface area contributed by atoms with Gasteiger partial charge in [0.25, 0.3) is 8.32 Å². The highest BCUT2D eigenvalue weighted by Gasteiger charge is 2.58. The molecular weight excluding hydrogens is 450 g/mol. The smallest absolute Gasteiger partial charge is 0.411 e. The first-order chi connectivity index (χ1) is 16.5. The summed E-state index contributed by atoms with van der Waals surface area (Å²) in [5.74, 6) is 0.545. The lowest BCUT2D eigenvalue weighted by molar-refractivity contribution is 0.0372. The second kappa shape index (κ2) is 10.1. The van der Waals surface area contributed by atoms with Gasteiger partial charge in [0.15, 0.2) is 0 Å². The molecule has 1 amide bonds. The van der Waals surface area contributed by atoms with Crippen LogP contribution in [0.4, 0.5) is 4.79 Å². The Balaban J connectivity index is 1.66. The Morgan fingerprint density at radius 3 is 1.83 bits per heavy atom. The summed E-state index contributed by atoms with van der Waals surface area (Å²) in [4.78, 5) is 15.2. The number of carbonyl (C=O) groups excluding carboxylic acids is 1. The molecule has 2 atom stereocenters. The van der Waals surface area contributed by atoms with E-state index in [9.17, 15) is 4.79 Å². The highest BCUT2D eigenvalue weighted by atomic mass is 28.4. The second-order valence-corrected chi connectivity index (χ2v) is 16.6. The molecule has 0 radical (unpaired) electrons. The first-order valence-electron chi connectivity index (χ1n) is 13.3. The maximum absolute atomic E-state index is 13.2. The van der Waals surface area contributed by atoms with Gasteiger partial charge in [0.1, 0.15) is 5.60 Å². The van der Waals surface area contributed by atoms with Crippen molar-refractivity contribution in [3.8, 4) is 0 Å². The molecule has 2 aromatic carbocycles. The van der Waals surface area contributed by atoms with Gasteiger partial charge in [0, 0.05) is 0 Å². The average Bonchev–Trinajstić information content (AvgIpc) is 3.54. The zero-order valence-corrected chi connectivity index (χ0v) is 23.4. The van der Waals surface area contributed by atoms with E-state index in [0.29, 0.717) is 12.5 Å². The number of nitrogens with zero attached hydrogens (tertiary/aromatic N) is 1. The maximum Gasteiger partial charge on any atom is 0.411 e. The maximum atomic E-state index is 13.2. The molecule has 1 aliphatic carbocycles. The average molecular weight is 494 g/mol. The van der Waals surface area contributed by atoms with Crippen LogP contribution in [-0.4, -0.2) is 43.6 Å². The number of hydrogen-bond donors (Lipinski definition) is 0. The Hall–Kier alpha value is -2.11. The third-order valence-corrected chi connectivity index (χ3v) is 12.6. The number of amides is 1. The quantitative estimate of drug-likeness (QED) is 0.359. The molecule has 1 saturated heterocycles. The molecule has 1 saturated carbocycles. The Morgan fingerprint density at radius 2 is 1.37 bits per heavy atom. The number of hydrogen-bond acceptors (Lipinski definition) is 3. The van der Waals surface area contributed by atoms with Crippen LogP contribution in [0.3, 0.4) is 0 Å². The van der Waals surface area contributed by atoms with Crippen molar-refractivity contribution in [2.24, 2.45) is 5.92 Å². The Bertz CT molecular complexity index is 935. The molecule has 2 aromatic rings. The molecule has 2 fully saturated rings. The standard InChI is InChI=1S/C30H43NO3Si/c1-29(2,3)34-28(32)31-26(27(31)23-16-10-7-11-17-23)22-33-35(30(4,5)6,24-18-12-8-13-19-24)25-20-14-9-15-21-25/h8-9,12-15,18-21,23,26-27H,7,10-11,16-17,22H2,1-6H3/t26-,27-,31?/m1/s1. The molecule has 190 valence electrons. The van der Waals surface area contributed by atoms with E-state index in [0.717, 1.165) is 0 Å². The van der Waals surface area contributed by atoms with Crippen LogP contribution >= 0.6 is 0 Å². The lowest BCUT2D eigenvalue weighted by Crippen LogP contribution is -2.67. The molecule has 35 heavy (non-hydrogen) atoms. The first-order valence-corrected chi connectivity index (χ1v) is 15.2. The Morgan fingerprint density at radius 1 is 0.857 bits per heavy atom. The Labute approximate surface area is 213 Å². The van der Waals surface area contributed by atoms with Gasteiger partial charge in [-0.05, 0) is 54.9 Å². The lowest BCUT2D eigenvalue weighted by atomic mass is 9.86. The molecule has 4 rings (SSSR count). The molecule has 0 unspecified atom stereocenters. The molecule has 0 bridgehead atoms. The molecule has 2 aliphatic rings. The van der Waals surface area contributed by atoms with Crippen molar-refractivity contribution >= 4 is 24.8 Å². The van der Waals surface area contributed by atoms with E-state index in [4.69, 9.17) is 9.16 Å². The van der Waals surface area contributed by atoms with Gasteiger partial charge < -0.3 is 9.16 Å². The first kappa shape index (κ1) is 26.0. The van der Waals surface area contributed by atoms with Gasteiger partial charge in [-0.2, -0.15) is 0 Å². The van der Waals surface area contributed by atoms with Crippen molar-refractivity contribution < 1.29 is 14.0 Å². The van der Waals surface area contributed by atoms with Crippen LogP contribution in [0, 0.1) is 5.92 Å². The van der Waals surface area contributed by atoms with Crippen LogP contribution in [0.2, 0.25) is 5.04 Å². The summed E-state index contributed by atoms with van der Waals surface area (Å²) >= 11 is 0. The monoisotopic (exact) mass is 493 g/mol. The second-order valence-electron chi connectivity index (χ2n) is 12.3. The van der Waals surface area contributed by atoms with Gasteiger partial charge in [-0.3, -0.25) is 4.90 Å². The topological polar surface area (TPSA) is 38.5 Å². The van der Waals surface area contributed by atoms with E-state index in [1.165, 1.54) is 42.5 Å². The lowest BCUT2D eigenvalue weighted by Gasteiger charge is -2.43. The fraction of sp³-hybridized carbons (Fsp3) is 0.567. The minimum absolute atomic E-state index is 0.0783. The van der Waals surface area contributed by atoms with Crippen molar-refractivity contribution in [3.05, 3.63) is 60.7 Å². The number of ether oxygens (including phenoxy) is 1. The molecule has 1 heterocycles. The zero-order chi connectivity index (χ0) is 25.3. The number of carbonyl (C=O) groups is 1. The van der Waals surface area contributed by atoms with Crippen LogP contribution in [-0.2, 0) is 9.16 Å². The molecule has 4 nitrogen and oxygen atoms in total. The minimum atomic E-state index is -2.64. The molecular formula is C30H43NO3Si. The van der Waals surface area contributed by atoms with E-state index in [1.807, 2.05) is 25.7 Å². The molecule has 5 heteroatoms. The normalized spacial score (nSPS) is 21.6. The van der Waals surface area contributed by atoms with E-state index < -0.39 is 13.9 Å². The minimum Gasteiger partial charge on any atom is -0.444 e. The summed E-state index contributed by atoms with van der Waals surface area (Å²) in [5.41, 5.74) is -0.500. The summed E-state index contributed by atoms with van der Waals surface area (Å²) in [7, 11) is -2.64. The van der Waals surface area contributed by atoms with Crippen LogP contribution in [0.1, 0.15) is 73.6 Å². The van der Waals surface area contributed by atoms with Crippen molar-refractivity contribution in [1.82, 2.24) is 4.90 Å². The fourth-order valence-electron chi connectivity index (χ4n) is 6.04. The number of benzene rings is 2. The van der Waals surface area contributed by atoms with Crippen LogP contribution < -0.4 is 10.4 Å².